The number of nitrogens with zero attached hydrogens (tertiary/aromatic N) is 2. The maximum absolute atomic E-state index is 13.0. The number of rotatable bonds is 7. The Hall–Kier alpha value is -3.08. The largest absolute Gasteiger partial charge is 0.471 e. The van der Waals surface area contributed by atoms with E-state index in [1.54, 1.807) is 10.9 Å². The SMILES string of the molecule is O=C(NC1CCCCC1)c1cn(Cc2ccccc2)nc1OCc1ccccc1. The van der Waals surface area contributed by atoms with Gasteiger partial charge in [-0.15, -0.1) is 5.10 Å². The maximum Gasteiger partial charge on any atom is 0.258 e. The zero-order chi connectivity index (χ0) is 19.9. The average molecular weight is 389 g/mol. The van der Waals surface area contributed by atoms with Crippen LogP contribution in [0.3, 0.4) is 0 Å². The van der Waals surface area contributed by atoms with Crippen molar-refractivity contribution in [2.45, 2.75) is 51.3 Å². The van der Waals surface area contributed by atoms with E-state index in [1.807, 2.05) is 60.7 Å². The number of carbonyl (C=O) groups is 1. The summed E-state index contributed by atoms with van der Waals surface area (Å²) in [4.78, 5) is 13.0. The van der Waals surface area contributed by atoms with Crippen LogP contribution >= 0.6 is 0 Å². The molecule has 0 spiro atoms. The summed E-state index contributed by atoms with van der Waals surface area (Å²) in [6.07, 6.45) is 7.50. The highest BCUT2D eigenvalue weighted by molar-refractivity contribution is 5.96. The average Bonchev–Trinajstić information content (AvgIpc) is 3.17. The Bertz CT molecular complexity index is 916. The Morgan fingerprint density at radius 3 is 2.31 bits per heavy atom. The number of nitrogens with one attached hydrogen (secondary N) is 1. The molecule has 1 fully saturated rings. The molecule has 29 heavy (non-hydrogen) atoms. The Morgan fingerprint density at radius 2 is 1.62 bits per heavy atom. The summed E-state index contributed by atoms with van der Waals surface area (Å²) < 4.78 is 7.74. The lowest BCUT2D eigenvalue weighted by molar-refractivity contribution is 0.0923. The second kappa shape index (κ2) is 9.41. The summed E-state index contributed by atoms with van der Waals surface area (Å²) in [5.74, 6) is 0.289. The van der Waals surface area contributed by atoms with E-state index in [0.717, 1.165) is 24.0 Å². The third kappa shape index (κ3) is 5.25. The fourth-order valence-corrected chi connectivity index (χ4v) is 3.75. The molecule has 2 aromatic carbocycles. The van der Waals surface area contributed by atoms with Crippen LogP contribution < -0.4 is 10.1 Å². The molecule has 5 nitrogen and oxygen atoms in total. The fraction of sp³-hybridized carbons (Fsp3) is 0.333. The summed E-state index contributed by atoms with van der Waals surface area (Å²) in [5.41, 5.74) is 2.68. The second-order valence-electron chi connectivity index (χ2n) is 7.61. The molecule has 0 unspecified atom stereocenters. The Morgan fingerprint density at radius 1 is 0.966 bits per heavy atom. The van der Waals surface area contributed by atoms with Gasteiger partial charge in [0, 0.05) is 12.2 Å². The van der Waals surface area contributed by atoms with Crippen molar-refractivity contribution in [3.63, 3.8) is 0 Å². The molecule has 0 radical (unpaired) electrons. The monoisotopic (exact) mass is 389 g/mol. The first-order valence-electron chi connectivity index (χ1n) is 10.4. The van der Waals surface area contributed by atoms with Crippen LogP contribution in [-0.2, 0) is 13.2 Å². The van der Waals surface area contributed by atoms with Gasteiger partial charge in [0.25, 0.3) is 5.91 Å². The van der Waals surface area contributed by atoms with Crippen molar-refractivity contribution in [1.82, 2.24) is 15.1 Å². The highest BCUT2D eigenvalue weighted by Crippen LogP contribution is 2.22. The fourth-order valence-electron chi connectivity index (χ4n) is 3.75. The van der Waals surface area contributed by atoms with Crippen molar-refractivity contribution in [3.8, 4) is 5.88 Å². The van der Waals surface area contributed by atoms with E-state index >= 15 is 0 Å². The van der Waals surface area contributed by atoms with Gasteiger partial charge in [0.1, 0.15) is 12.2 Å². The molecular weight excluding hydrogens is 362 g/mol. The minimum absolute atomic E-state index is 0.0979. The van der Waals surface area contributed by atoms with E-state index in [2.05, 4.69) is 10.4 Å². The van der Waals surface area contributed by atoms with Crippen LogP contribution in [0.25, 0.3) is 0 Å². The Kier molecular flexibility index (Phi) is 6.25. The van der Waals surface area contributed by atoms with Crippen LogP contribution in [0.5, 0.6) is 5.88 Å². The molecule has 3 aromatic rings. The Labute approximate surface area is 171 Å². The number of benzene rings is 2. The normalized spacial score (nSPS) is 14.5. The smallest absolute Gasteiger partial charge is 0.258 e. The third-order valence-corrected chi connectivity index (χ3v) is 5.32. The van der Waals surface area contributed by atoms with Crippen LogP contribution in [0.4, 0.5) is 0 Å². The lowest BCUT2D eigenvalue weighted by Gasteiger charge is -2.22. The Balaban J connectivity index is 1.52. The zero-order valence-electron chi connectivity index (χ0n) is 16.6. The van der Waals surface area contributed by atoms with E-state index in [9.17, 15) is 4.79 Å². The van der Waals surface area contributed by atoms with Gasteiger partial charge in [-0.25, -0.2) is 0 Å². The molecule has 1 aliphatic rings. The quantitative estimate of drug-likeness (QED) is 0.644. The van der Waals surface area contributed by atoms with E-state index in [0.29, 0.717) is 24.6 Å². The number of hydrogen-bond acceptors (Lipinski definition) is 3. The molecule has 1 aromatic heterocycles. The predicted octanol–water partition coefficient (Wildman–Crippen LogP) is 4.57. The lowest BCUT2D eigenvalue weighted by Crippen LogP contribution is -2.36. The first-order chi connectivity index (χ1) is 14.3. The van der Waals surface area contributed by atoms with Gasteiger partial charge < -0.3 is 10.1 Å². The summed E-state index contributed by atoms with van der Waals surface area (Å²) in [7, 11) is 0. The second-order valence-corrected chi connectivity index (χ2v) is 7.61. The van der Waals surface area contributed by atoms with E-state index < -0.39 is 0 Å². The summed E-state index contributed by atoms with van der Waals surface area (Å²) in [6, 6.07) is 20.3. The van der Waals surface area contributed by atoms with Crippen LogP contribution in [-0.4, -0.2) is 21.7 Å². The van der Waals surface area contributed by atoms with Gasteiger partial charge in [0.05, 0.1) is 6.54 Å². The van der Waals surface area contributed by atoms with Gasteiger partial charge in [0.15, 0.2) is 0 Å². The number of amides is 1. The number of carbonyl (C=O) groups excluding carboxylic acids is 1. The van der Waals surface area contributed by atoms with Gasteiger partial charge in [-0.1, -0.05) is 79.9 Å². The summed E-state index contributed by atoms with van der Waals surface area (Å²) in [5, 5.41) is 7.75. The molecule has 1 amide bonds. The minimum atomic E-state index is -0.0979. The number of aromatic nitrogens is 2. The van der Waals surface area contributed by atoms with Crippen LogP contribution in [0.2, 0.25) is 0 Å². The van der Waals surface area contributed by atoms with E-state index in [1.165, 1.54) is 19.3 Å². The first kappa shape index (κ1) is 19.2. The molecular formula is C24H27N3O2. The standard InChI is InChI=1S/C24H27N3O2/c28-23(25-21-14-8-3-9-15-21)22-17-27(16-19-10-4-1-5-11-19)26-24(22)29-18-20-12-6-2-7-13-20/h1-2,4-7,10-13,17,21H,3,8-9,14-16,18H2,(H,25,28). The molecule has 4 rings (SSSR count). The number of hydrogen-bond donors (Lipinski definition) is 1. The van der Waals surface area contributed by atoms with Gasteiger partial charge in [-0.2, -0.15) is 0 Å². The van der Waals surface area contributed by atoms with Crippen LogP contribution in [0, 0.1) is 0 Å². The molecule has 5 heteroatoms. The zero-order valence-corrected chi connectivity index (χ0v) is 16.6. The number of ether oxygens (including phenoxy) is 1. The maximum atomic E-state index is 13.0. The molecule has 150 valence electrons. The summed E-state index contributed by atoms with van der Waals surface area (Å²) in [6.45, 7) is 0.978. The van der Waals surface area contributed by atoms with Crippen molar-refractivity contribution >= 4 is 5.91 Å². The predicted molar refractivity (Wildman–Crippen MR) is 113 cm³/mol. The van der Waals surface area contributed by atoms with Crippen molar-refractivity contribution in [2.75, 3.05) is 0 Å². The van der Waals surface area contributed by atoms with Crippen molar-refractivity contribution in [2.24, 2.45) is 0 Å². The molecule has 1 heterocycles. The molecule has 1 N–H and O–H groups in total. The van der Waals surface area contributed by atoms with Gasteiger partial charge >= 0.3 is 0 Å². The minimum Gasteiger partial charge on any atom is -0.471 e. The lowest BCUT2D eigenvalue weighted by atomic mass is 9.95. The van der Waals surface area contributed by atoms with Crippen LogP contribution in [0.1, 0.15) is 53.6 Å². The molecule has 0 atom stereocenters. The third-order valence-electron chi connectivity index (χ3n) is 5.32. The molecule has 1 saturated carbocycles. The van der Waals surface area contributed by atoms with Gasteiger partial charge in [-0.3, -0.25) is 9.48 Å². The van der Waals surface area contributed by atoms with Crippen molar-refractivity contribution in [3.05, 3.63) is 83.6 Å². The van der Waals surface area contributed by atoms with E-state index in [-0.39, 0.29) is 11.9 Å². The highest BCUT2D eigenvalue weighted by Gasteiger charge is 2.22. The molecule has 0 aliphatic heterocycles. The topological polar surface area (TPSA) is 56.2 Å². The molecule has 0 saturated heterocycles. The van der Waals surface area contributed by atoms with Crippen molar-refractivity contribution in [1.29, 1.82) is 0 Å². The van der Waals surface area contributed by atoms with Gasteiger partial charge in [0.2, 0.25) is 5.88 Å². The van der Waals surface area contributed by atoms with Gasteiger partial charge in [-0.05, 0) is 24.0 Å². The first-order valence-corrected chi connectivity index (χ1v) is 10.4. The van der Waals surface area contributed by atoms with E-state index in [4.69, 9.17) is 4.74 Å². The van der Waals surface area contributed by atoms with Crippen LogP contribution in [0.15, 0.2) is 66.9 Å². The molecule has 0 bridgehead atoms. The van der Waals surface area contributed by atoms with Crippen molar-refractivity contribution < 1.29 is 9.53 Å². The molecule has 1 aliphatic carbocycles. The highest BCUT2D eigenvalue weighted by atomic mass is 16.5. The summed E-state index contributed by atoms with van der Waals surface area (Å²) >= 11 is 0.